The molecule has 6 aromatic rings. The number of carbonyl (C=O) groups is 1. The molecule has 6 rings (SSSR count). The molecule has 0 radical (unpaired) electrons. The molecule has 0 aliphatic carbocycles. The molecule has 0 saturated carbocycles. The van der Waals surface area contributed by atoms with Gasteiger partial charge in [0.2, 0.25) is 0 Å². The third-order valence-corrected chi connectivity index (χ3v) is 8.95. The Morgan fingerprint density at radius 1 is 0.846 bits per heavy atom. The van der Waals surface area contributed by atoms with Crippen LogP contribution in [0.3, 0.4) is 0 Å². The van der Waals surface area contributed by atoms with Gasteiger partial charge in [0, 0.05) is 27.6 Å². The van der Waals surface area contributed by atoms with Crippen molar-refractivity contribution in [3.63, 3.8) is 0 Å². The van der Waals surface area contributed by atoms with Crippen LogP contribution in [0.2, 0.25) is 0 Å². The van der Waals surface area contributed by atoms with Crippen molar-refractivity contribution in [1.29, 1.82) is 5.26 Å². The summed E-state index contributed by atoms with van der Waals surface area (Å²) in [5.74, 6) is 0. The van der Waals surface area contributed by atoms with Crippen LogP contribution in [-0.4, -0.2) is 14.5 Å². The number of fused-ring (bicyclic) bond motifs is 1. The van der Waals surface area contributed by atoms with Gasteiger partial charge in [0.25, 0.3) is 0 Å². The molecule has 4 aromatic carbocycles. The van der Waals surface area contributed by atoms with Crippen molar-refractivity contribution >= 4 is 39.5 Å². The van der Waals surface area contributed by atoms with Crippen LogP contribution in [0.1, 0.15) is 20.8 Å². The van der Waals surface area contributed by atoms with Crippen LogP contribution in [0.25, 0.3) is 44.4 Å². The summed E-state index contributed by atoms with van der Waals surface area (Å²) in [6.45, 7) is 2.01. The van der Waals surface area contributed by atoms with Crippen LogP contribution in [-0.2, 0) is 11.0 Å². The fourth-order valence-electron chi connectivity index (χ4n) is 4.91. The van der Waals surface area contributed by atoms with E-state index in [1.807, 2.05) is 107 Å². The van der Waals surface area contributed by atoms with Gasteiger partial charge in [0.1, 0.15) is 17.2 Å². The average Bonchev–Trinajstić information content (AvgIpc) is 3.59. The van der Waals surface area contributed by atoms with E-state index in [1.165, 1.54) is 11.3 Å². The van der Waals surface area contributed by atoms with Crippen molar-refractivity contribution in [3.05, 3.63) is 125 Å². The molecular formula is C33H22N2O2S2. The number of benzene rings is 4. The Hall–Kier alpha value is -4.57. The summed E-state index contributed by atoms with van der Waals surface area (Å²) in [5, 5.41) is 12.8. The number of rotatable bonds is 6. The molecule has 1 atom stereocenters. The topological polar surface area (TPSA) is 62.9 Å². The van der Waals surface area contributed by atoms with Gasteiger partial charge in [-0.15, -0.1) is 11.3 Å². The first-order valence-electron chi connectivity index (χ1n) is 12.4. The molecule has 0 aliphatic heterocycles. The Kier molecular flexibility index (Phi) is 6.54. The molecule has 0 amide bonds. The van der Waals surface area contributed by atoms with E-state index in [9.17, 15) is 14.3 Å². The maximum atomic E-state index is 14.3. The monoisotopic (exact) mass is 542 g/mol. The van der Waals surface area contributed by atoms with E-state index in [-0.39, 0.29) is 0 Å². The predicted octanol–water partition coefficient (Wildman–Crippen LogP) is 8.27. The summed E-state index contributed by atoms with van der Waals surface area (Å²) >= 11 is 1.40. The minimum Gasteiger partial charge on any atom is -0.298 e. The van der Waals surface area contributed by atoms with Crippen LogP contribution < -0.4 is 0 Å². The number of aromatic nitrogens is 1. The summed E-state index contributed by atoms with van der Waals surface area (Å²) in [6, 6.07) is 35.5. The first-order chi connectivity index (χ1) is 19.1. The number of para-hydroxylation sites is 1. The van der Waals surface area contributed by atoms with Crippen molar-refractivity contribution in [2.24, 2.45) is 0 Å². The highest BCUT2D eigenvalue weighted by atomic mass is 32.2. The van der Waals surface area contributed by atoms with Crippen LogP contribution >= 0.6 is 11.3 Å². The number of aldehydes is 1. The fraction of sp³-hybridized carbons (Fsp3) is 0.0303. The fourth-order valence-corrected chi connectivity index (χ4v) is 6.88. The van der Waals surface area contributed by atoms with E-state index in [2.05, 4.69) is 12.1 Å². The Labute approximate surface area is 233 Å². The zero-order valence-electron chi connectivity index (χ0n) is 21.0. The largest absolute Gasteiger partial charge is 0.298 e. The van der Waals surface area contributed by atoms with Crippen molar-refractivity contribution in [2.45, 2.75) is 11.8 Å². The number of nitrogens with zero attached hydrogens (tertiary/aromatic N) is 2. The van der Waals surface area contributed by atoms with Crippen molar-refractivity contribution < 1.29 is 9.00 Å². The second-order valence-electron chi connectivity index (χ2n) is 9.20. The molecule has 0 spiro atoms. The van der Waals surface area contributed by atoms with E-state index in [0.717, 1.165) is 56.3 Å². The van der Waals surface area contributed by atoms with Crippen LogP contribution in [0.5, 0.6) is 0 Å². The van der Waals surface area contributed by atoms with E-state index in [0.29, 0.717) is 15.3 Å². The number of hydrogen-bond donors (Lipinski definition) is 0. The van der Waals surface area contributed by atoms with Gasteiger partial charge in [-0.3, -0.25) is 8.77 Å². The SMILES string of the molecule is Cc1ccc(S(=O)n2c(-c3cccc(-c4cccc(C=O)c4)c3)c(-c3ccsc3C#N)c3ccccc32)cc1. The Morgan fingerprint density at radius 3 is 2.33 bits per heavy atom. The summed E-state index contributed by atoms with van der Waals surface area (Å²) in [6.07, 6.45) is 0.841. The summed E-state index contributed by atoms with van der Waals surface area (Å²) < 4.78 is 16.2. The molecule has 39 heavy (non-hydrogen) atoms. The van der Waals surface area contributed by atoms with E-state index in [4.69, 9.17) is 0 Å². The van der Waals surface area contributed by atoms with Gasteiger partial charge in [-0.05, 0) is 59.8 Å². The predicted molar refractivity (Wildman–Crippen MR) is 159 cm³/mol. The molecule has 188 valence electrons. The van der Waals surface area contributed by atoms with Crippen LogP contribution in [0, 0.1) is 18.3 Å². The molecule has 4 nitrogen and oxygen atoms in total. The lowest BCUT2D eigenvalue weighted by molar-refractivity contribution is 0.112. The van der Waals surface area contributed by atoms with E-state index >= 15 is 0 Å². The van der Waals surface area contributed by atoms with Crippen molar-refractivity contribution in [3.8, 4) is 39.6 Å². The lowest BCUT2D eigenvalue weighted by Gasteiger charge is -2.14. The molecule has 0 N–H and O–H groups in total. The first kappa shape index (κ1) is 24.7. The highest BCUT2D eigenvalue weighted by Crippen LogP contribution is 2.45. The lowest BCUT2D eigenvalue weighted by Crippen LogP contribution is -2.07. The smallest absolute Gasteiger partial charge is 0.157 e. The van der Waals surface area contributed by atoms with Gasteiger partial charge in [0.15, 0.2) is 11.0 Å². The Balaban J connectivity index is 1.68. The molecule has 0 bridgehead atoms. The van der Waals surface area contributed by atoms with Gasteiger partial charge < -0.3 is 0 Å². The van der Waals surface area contributed by atoms with E-state index in [1.54, 1.807) is 6.07 Å². The molecule has 1 unspecified atom stereocenters. The van der Waals surface area contributed by atoms with Crippen molar-refractivity contribution in [1.82, 2.24) is 3.97 Å². The molecule has 0 aliphatic rings. The first-order valence-corrected chi connectivity index (χ1v) is 14.3. The minimum atomic E-state index is -1.56. The quantitative estimate of drug-likeness (QED) is 0.199. The zero-order chi connectivity index (χ0) is 26.9. The summed E-state index contributed by atoms with van der Waals surface area (Å²) in [5.41, 5.74) is 7.71. The molecule has 6 heteroatoms. The second-order valence-corrected chi connectivity index (χ2v) is 11.4. The van der Waals surface area contributed by atoms with Gasteiger partial charge in [0.05, 0.1) is 16.1 Å². The number of aryl methyl sites for hydroxylation is 1. The van der Waals surface area contributed by atoms with Crippen molar-refractivity contribution in [2.75, 3.05) is 0 Å². The summed E-state index contributed by atoms with van der Waals surface area (Å²) in [7, 11) is -1.56. The Bertz CT molecular complexity index is 1920. The normalized spacial score (nSPS) is 11.8. The highest BCUT2D eigenvalue weighted by molar-refractivity contribution is 7.83. The lowest BCUT2D eigenvalue weighted by atomic mass is 9.96. The number of hydrogen-bond acceptors (Lipinski definition) is 4. The zero-order valence-corrected chi connectivity index (χ0v) is 22.6. The van der Waals surface area contributed by atoms with Crippen LogP contribution in [0.4, 0.5) is 0 Å². The third-order valence-electron chi connectivity index (χ3n) is 6.75. The van der Waals surface area contributed by atoms with Gasteiger partial charge in [-0.2, -0.15) is 5.26 Å². The standard InChI is InChI=1S/C33H22N2O2S2/c1-22-12-14-27(15-13-22)39(37)35-30-11-3-2-10-28(30)32(29-16-17-38-31(29)20-34)33(35)26-9-5-8-25(19-26)24-7-4-6-23(18-24)21-36/h2-19,21H,1H3. The average molecular weight is 543 g/mol. The molecule has 2 heterocycles. The number of carbonyl (C=O) groups excluding carboxylic acids is 1. The molecule has 0 saturated heterocycles. The second kappa shape index (κ2) is 10.3. The van der Waals surface area contributed by atoms with Gasteiger partial charge in [-0.1, -0.05) is 72.3 Å². The number of thiophene rings is 1. The highest BCUT2D eigenvalue weighted by Gasteiger charge is 2.26. The van der Waals surface area contributed by atoms with Crippen LogP contribution in [0.15, 0.2) is 113 Å². The maximum Gasteiger partial charge on any atom is 0.157 e. The van der Waals surface area contributed by atoms with E-state index < -0.39 is 11.0 Å². The maximum absolute atomic E-state index is 14.3. The van der Waals surface area contributed by atoms with Gasteiger partial charge in [-0.25, -0.2) is 4.21 Å². The molecule has 0 fully saturated rings. The van der Waals surface area contributed by atoms with Gasteiger partial charge >= 0.3 is 0 Å². The molecular weight excluding hydrogens is 521 g/mol. The third kappa shape index (κ3) is 4.42. The summed E-state index contributed by atoms with van der Waals surface area (Å²) in [4.78, 5) is 12.7. The minimum absolute atomic E-state index is 0.602. The number of nitriles is 1. The Morgan fingerprint density at radius 2 is 1.56 bits per heavy atom. The molecule has 2 aromatic heterocycles.